The quantitative estimate of drug-likeness (QED) is 0.418. The van der Waals surface area contributed by atoms with Crippen molar-refractivity contribution in [3.8, 4) is 11.6 Å². The topological polar surface area (TPSA) is 90.4 Å². The van der Waals surface area contributed by atoms with Crippen molar-refractivity contribution in [3.05, 3.63) is 52.1 Å². The third kappa shape index (κ3) is 8.07. The molecule has 2 aromatic rings. The zero-order valence-corrected chi connectivity index (χ0v) is 24.8. The average Bonchev–Trinajstić information content (AvgIpc) is 2.85. The number of nitrogens with zero attached hydrogens (tertiary/aromatic N) is 3. The second-order valence-electron chi connectivity index (χ2n) is 10.7. The Balaban J connectivity index is 1.76. The molecule has 0 aliphatic carbocycles. The highest BCUT2D eigenvalue weighted by Crippen LogP contribution is 2.29. The van der Waals surface area contributed by atoms with Crippen LogP contribution in [0, 0.1) is 5.92 Å². The van der Waals surface area contributed by atoms with Gasteiger partial charge in [-0.1, -0.05) is 19.1 Å². The number of ether oxygens (including phenoxy) is 4. The number of carbonyl (C=O) groups is 2. The fourth-order valence-electron chi connectivity index (χ4n) is 4.04. The number of hydrogen-bond acceptors (Lipinski definition) is 7. The SMILES string of the molecule is COc1ccc(COCC(C)N2CC(C)C(CN(C)C(=O)OC(C)(C)C)Oc3ncc(Br)cc3C2=O)cc1. The molecule has 2 heterocycles. The summed E-state index contributed by atoms with van der Waals surface area (Å²) in [5, 5.41) is 0. The zero-order chi connectivity index (χ0) is 28.0. The first kappa shape index (κ1) is 29.7. The summed E-state index contributed by atoms with van der Waals surface area (Å²) in [5.74, 6) is 0.741. The maximum atomic E-state index is 13.7. The van der Waals surface area contributed by atoms with Gasteiger partial charge in [0.2, 0.25) is 5.88 Å². The third-order valence-corrected chi connectivity index (χ3v) is 6.60. The summed E-state index contributed by atoms with van der Waals surface area (Å²) in [6.45, 7) is 10.9. The Hall–Kier alpha value is -2.85. The minimum absolute atomic E-state index is 0.105. The maximum absolute atomic E-state index is 13.7. The van der Waals surface area contributed by atoms with Crippen LogP contribution in [0.15, 0.2) is 41.0 Å². The van der Waals surface area contributed by atoms with E-state index >= 15 is 0 Å². The van der Waals surface area contributed by atoms with Gasteiger partial charge < -0.3 is 28.7 Å². The number of methoxy groups -OCH3 is 1. The number of hydrogen-bond donors (Lipinski definition) is 0. The summed E-state index contributed by atoms with van der Waals surface area (Å²) >= 11 is 3.42. The van der Waals surface area contributed by atoms with E-state index in [0.717, 1.165) is 11.3 Å². The smallest absolute Gasteiger partial charge is 0.410 e. The average molecular weight is 593 g/mol. The molecular formula is C28H38BrN3O6. The molecule has 1 aromatic heterocycles. The Bertz CT molecular complexity index is 1100. The van der Waals surface area contributed by atoms with Crippen LogP contribution in [0.4, 0.5) is 4.79 Å². The van der Waals surface area contributed by atoms with Crippen LogP contribution in [0.5, 0.6) is 11.6 Å². The number of rotatable bonds is 8. The van der Waals surface area contributed by atoms with Crippen molar-refractivity contribution in [1.82, 2.24) is 14.8 Å². The van der Waals surface area contributed by atoms with E-state index in [1.54, 1.807) is 31.3 Å². The summed E-state index contributed by atoms with van der Waals surface area (Å²) in [7, 11) is 3.31. The van der Waals surface area contributed by atoms with Gasteiger partial charge in [-0.05, 0) is 67.4 Å². The minimum Gasteiger partial charge on any atom is -0.497 e. The lowest BCUT2D eigenvalue weighted by molar-refractivity contribution is 0.00627. The Morgan fingerprint density at radius 3 is 2.61 bits per heavy atom. The summed E-state index contributed by atoms with van der Waals surface area (Å²) in [6.07, 6.45) is 0.745. The molecule has 0 spiro atoms. The standard InChI is InChI=1S/C28H38BrN3O6/c1-18-14-32(19(2)16-36-17-20-8-10-22(35-7)11-9-20)26(33)23-12-21(29)13-30-25(23)37-24(18)15-31(6)27(34)38-28(3,4)5/h8-13,18-19,24H,14-17H2,1-7H3. The second kappa shape index (κ2) is 12.8. The van der Waals surface area contributed by atoms with Crippen LogP contribution in [0.2, 0.25) is 0 Å². The lowest BCUT2D eigenvalue weighted by atomic mass is 10.0. The van der Waals surface area contributed by atoms with Crippen molar-refractivity contribution < 1.29 is 28.5 Å². The highest BCUT2D eigenvalue weighted by Gasteiger charge is 2.35. The first-order valence-electron chi connectivity index (χ1n) is 12.7. The Morgan fingerprint density at radius 1 is 1.29 bits per heavy atom. The molecule has 0 N–H and O–H groups in total. The highest BCUT2D eigenvalue weighted by atomic mass is 79.9. The van der Waals surface area contributed by atoms with E-state index < -0.39 is 17.8 Å². The lowest BCUT2D eigenvalue weighted by Crippen LogP contribution is -2.51. The highest BCUT2D eigenvalue weighted by molar-refractivity contribution is 9.10. The fourth-order valence-corrected chi connectivity index (χ4v) is 4.37. The van der Waals surface area contributed by atoms with Gasteiger partial charge >= 0.3 is 6.09 Å². The van der Waals surface area contributed by atoms with Gasteiger partial charge in [0.15, 0.2) is 0 Å². The van der Waals surface area contributed by atoms with Gasteiger partial charge in [-0.2, -0.15) is 0 Å². The number of aromatic nitrogens is 1. The molecule has 2 amide bonds. The molecule has 1 aliphatic rings. The van der Waals surface area contributed by atoms with E-state index in [1.165, 1.54) is 4.90 Å². The van der Waals surface area contributed by atoms with Gasteiger partial charge in [-0.15, -0.1) is 0 Å². The molecule has 0 radical (unpaired) electrons. The molecule has 1 aromatic carbocycles. The van der Waals surface area contributed by atoms with Crippen molar-refractivity contribution in [3.63, 3.8) is 0 Å². The van der Waals surface area contributed by atoms with Gasteiger partial charge in [-0.25, -0.2) is 9.78 Å². The molecule has 10 heteroatoms. The zero-order valence-electron chi connectivity index (χ0n) is 23.2. The summed E-state index contributed by atoms with van der Waals surface area (Å²) < 4.78 is 23.6. The van der Waals surface area contributed by atoms with Crippen LogP contribution >= 0.6 is 15.9 Å². The molecule has 3 unspecified atom stereocenters. The predicted molar refractivity (Wildman–Crippen MR) is 148 cm³/mol. The van der Waals surface area contributed by atoms with Crippen molar-refractivity contribution in [2.45, 2.75) is 59.0 Å². The van der Waals surface area contributed by atoms with Gasteiger partial charge in [0.25, 0.3) is 5.91 Å². The molecule has 0 saturated heterocycles. The van der Waals surface area contributed by atoms with Crippen LogP contribution in [-0.4, -0.2) is 78.4 Å². The number of likely N-dealkylation sites (N-methyl/N-ethyl adjacent to an activating group) is 1. The van der Waals surface area contributed by atoms with Gasteiger partial charge in [0.1, 0.15) is 23.0 Å². The number of halogens is 1. The molecule has 0 bridgehead atoms. The van der Waals surface area contributed by atoms with Gasteiger partial charge in [0, 0.05) is 30.2 Å². The lowest BCUT2D eigenvalue weighted by Gasteiger charge is -2.38. The number of pyridine rings is 1. The normalized spacial score (nSPS) is 18.5. The molecular weight excluding hydrogens is 554 g/mol. The first-order chi connectivity index (χ1) is 17.9. The van der Waals surface area contributed by atoms with Crippen LogP contribution in [0.3, 0.4) is 0 Å². The predicted octanol–water partition coefficient (Wildman–Crippen LogP) is 5.16. The maximum Gasteiger partial charge on any atom is 0.410 e. The second-order valence-corrected chi connectivity index (χ2v) is 11.6. The summed E-state index contributed by atoms with van der Waals surface area (Å²) in [5.41, 5.74) is 0.768. The largest absolute Gasteiger partial charge is 0.497 e. The monoisotopic (exact) mass is 591 g/mol. The van der Waals surface area contributed by atoms with Crippen molar-refractivity contribution in [2.24, 2.45) is 5.92 Å². The van der Waals surface area contributed by atoms with Crippen LogP contribution < -0.4 is 9.47 Å². The van der Waals surface area contributed by atoms with E-state index in [1.807, 2.05) is 58.9 Å². The summed E-state index contributed by atoms with van der Waals surface area (Å²) in [4.78, 5) is 34.0. The van der Waals surface area contributed by atoms with E-state index in [-0.39, 0.29) is 30.3 Å². The molecule has 9 nitrogen and oxygen atoms in total. The molecule has 38 heavy (non-hydrogen) atoms. The number of amides is 2. The Morgan fingerprint density at radius 2 is 1.97 bits per heavy atom. The van der Waals surface area contributed by atoms with Crippen LogP contribution in [-0.2, 0) is 16.1 Å². The van der Waals surface area contributed by atoms with Crippen LogP contribution in [0.1, 0.15) is 50.5 Å². The van der Waals surface area contributed by atoms with Gasteiger partial charge in [-0.3, -0.25) is 4.79 Å². The number of carbonyl (C=O) groups excluding carboxylic acids is 2. The van der Waals surface area contributed by atoms with Crippen molar-refractivity contribution in [2.75, 3.05) is 33.9 Å². The molecule has 1 aliphatic heterocycles. The summed E-state index contributed by atoms with van der Waals surface area (Å²) in [6, 6.07) is 9.19. The minimum atomic E-state index is -0.607. The van der Waals surface area contributed by atoms with Crippen molar-refractivity contribution >= 4 is 27.9 Å². The third-order valence-electron chi connectivity index (χ3n) is 6.17. The van der Waals surface area contributed by atoms with E-state index in [0.29, 0.717) is 29.8 Å². The number of benzene rings is 1. The van der Waals surface area contributed by atoms with Crippen molar-refractivity contribution in [1.29, 1.82) is 0 Å². The Labute approximate surface area is 233 Å². The molecule has 0 fully saturated rings. The van der Waals surface area contributed by atoms with E-state index in [9.17, 15) is 9.59 Å². The number of fused-ring (bicyclic) bond motifs is 1. The molecule has 0 saturated carbocycles. The van der Waals surface area contributed by atoms with Gasteiger partial charge in [0.05, 0.1) is 32.9 Å². The van der Waals surface area contributed by atoms with E-state index in [4.69, 9.17) is 18.9 Å². The Kier molecular flexibility index (Phi) is 10.0. The molecule has 3 rings (SSSR count). The molecule has 3 atom stereocenters. The van der Waals surface area contributed by atoms with E-state index in [2.05, 4.69) is 20.9 Å². The first-order valence-corrected chi connectivity index (χ1v) is 13.4. The molecule has 208 valence electrons. The fraction of sp³-hybridized carbons (Fsp3) is 0.536. The van der Waals surface area contributed by atoms with Crippen LogP contribution in [0.25, 0.3) is 0 Å².